The van der Waals surface area contributed by atoms with Gasteiger partial charge in [-0.2, -0.15) is 40.0 Å². The number of hydrogen-bond acceptors (Lipinski definition) is 12. The number of hydrogen-bond donors (Lipinski definition) is 7. The van der Waals surface area contributed by atoms with Crippen molar-refractivity contribution in [2.45, 2.75) is 183 Å². The van der Waals surface area contributed by atoms with Crippen molar-refractivity contribution in [2.75, 3.05) is 62.3 Å². The van der Waals surface area contributed by atoms with Crippen LogP contribution in [-0.2, 0) is 0 Å². The van der Waals surface area contributed by atoms with Gasteiger partial charge in [0.25, 0.3) is 0 Å². The monoisotopic (exact) mass is 1190 g/mol. The summed E-state index contributed by atoms with van der Waals surface area (Å²) in [5, 5.41) is 18.7. The zero-order valence-corrected chi connectivity index (χ0v) is 45.4. The summed E-state index contributed by atoms with van der Waals surface area (Å²) in [6, 6.07) is 27.5. The van der Waals surface area contributed by atoms with Crippen molar-refractivity contribution in [3.63, 3.8) is 0 Å². The highest BCUT2D eigenvalue weighted by molar-refractivity contribution is 7.99. The molecule has 80 heavy (non-hydrogen) atoms. The van der Waals surface area contributed by atoms with E-state index in [-0.39, 0.29) is 74.3 Å². The predicted octanol–water partition coefficient (Wildman–Crippen LogP) is 20.2. The van der Waals surface area contributed by atoms with E-state index in [1.807, 2.05) is 113 Å². The molecule has 0 atom stereocenters. The molecule has 0 spiro atoms. The highest BCUT2D eigenvalue weighted by Gasteiger charge is 1.97. The Hall–Kier alpha value is -4.06. The maximum atomic E-state index is 3.78. The van der Waals surface area contributed by atoms with Gasteiger partial charge in [0.05, 0.1) is 11.8 Å². The molecule has 1 aliphatic carbocycles. The number of aromatic amines is 3. The molecule has 5 saturated heterocycles. The van der Waals surface area contributed by atoms with Crippen molar-refractivity contribution >= 4 is 46.2 Å². The van der Waals surface area contributed by atoms with Crippen LogP contribution < -0.4 is 21.5 Å². The van der Waals surface area contributed by atoms with Crippen LogP contribution in [0.5, 0.6) is 0 Å². The van der Waals surface area contributed by atoms with Crippen LogP contribution >= 0.6 is 46.2 Å². The molecule has 5 aliphatic heterocycles. The Balaban J connectivity index is -0.0000000821. The summed E-state index contributed by atoms with van der Waals surface area (Å²) in [5.41, 5.74) is 7.74. The topological polar surface area (TPSA) is 147 Å². The van der Waals surface area contributed by atoms with Crippen LogP contribution in [-0.4, -0.2) is 97.4 Å². The summed E-state index contributed by atoms with van der Waals surface area (Å²) < 4.78 is 0. The third-order valence-corrected chi connectivity index (χ3v) is 13.1. The van der Waals surface area contributed by atoms with E-state index in [0.717, 1.165) is 13.1 Å². The number of pyridine rings is 1. The van der Waals surface area contributed by atoms with E-state index in [1.165, 1.54) is 158 Å². The number of nitrogens with one attached hydrogen (secondary N) is 7. The van der Waals surface area contributed by atoms with Crippen molar-refractivity contribution in [2.24, 2.45) is 0 Å². The molecule has 15 heteroatoms. The Labute approximate surface area is 514 Å². The quantitative estimate of drug-likeness (QED) is 0.0783. The lowest BCUT2D eigenvalue weighted by Gasteiger charge is -2.08. The van der Waals surface area contributed by atoms with E-state index in [2.05, 4.69) is 80.1 Å². The van der Waals surface area contributed by atoms with Crippen LogP contribution in [0.1, 0.15) is 183 Å². The number of benzene rings is 1. The number of imidazole rings is 1. The standard InChI is InChI=1S/C6H12.C6H6.C5H11N.C5H5N.C5H10S.C4H9N.C4H5N.C4H8S.C4H4S.C3H4N2.C3H8N2.C3H4N2.C3H3NS.10CH4/c5*1-2-4-6-5-3-1;4*1-2-4-5-3-1;1-2-5-3-4-1;2*1-2-4-5-3-1;1-2-5-3-4-1;;;;;;;;;;/h1-6H2;1-6H;6H,1-5H2;1-5H;1-5H2;5H,1-4H2;1-5H;1-4H2;1-4H;1-3H,(H,4,5);4-5H,1-3H2;1-3H,(H,4,5);1-3H;10*1H4. The molecule has 1 saturated carbocycles. The first-order valence-corrected chi connectivity index (χ1v) is 29.8. The molecular formula is C65H129N11S4. The second kappa shape index (κ2) is 94.2. The fourth-order valence-corrected chi connectivity index (χ4v) is 8.78. The Morgan fingerprint density at radius 2 is 0.725 bits per heavy atom. The van der Waals surface area contributed by atoms with Gasteiger partial charge in [-0.05, 0) is 148 Å². The first-order chi connectivity index (χ1) is 35.0. The predicted molar refractivity (Wildman–Crippen MR) is 377 cm³/mol. The van der Waals surface area contributed by atoms with Gasteiger partial charge in [0.15, 0.2) is 0 Å². The highest BCUT2D eigenvalue weighted by Crippen LogP contribution is 2.16. The molecule has 1 aromatic carbocycles. The zero-order valence-electron chi connectivity index (χ0n) is 42.2. The molecule has 11 nitrogen and oxygen atoms in total. The number of piperidine rings is 1. The van der Waals surface area contributed by atoms with Gasteiger partial charge in [0.2, 0.25) is 0 Å². The minimum absolute atomic E-state index is 0. The molecule has 6 aromatic heterocycles. The van der Waals surface area contributed by atoms with Crippen LogP contribution in [0.3, 0.4) is 0 Å². The zero-order chi connectivity index (χ0) is 49.5. The number of thiophene rings is 1. The molecule has 0 unspecified atom stereocenters. The normalized spacial score (nSPS) is 13.6. The molecule has 0 radical (unpaired) electrons. The summed E-state index contributed by atoms with van der Waals surface area (Å²) in [6.45, 7) is 7.28. The fourth-order valence-electron chi connectivity index (χ4n) is 5.93. The smallest absolute Gasteiger partial charge is 0.0919 e. The average Bonchev–Trinajstić information content (AvgIpc) is 4.33. The van der Waals surface area contributed by atoms with Crippen LogP contribution in [0.4, 0.5) is 0 Å². The summed E-state index contributed by atoms with van der Waals surface area (Å²) in [6.07, 6.45) is 42.2. The van der Waals surface area contributed by atoms with Gasteiger partial charge in [0, 0.05) is 74.2 Å². The van der Waals surface area contributed by atoms with Crippen molar-refractivity contribution in [3.8, 4) is 0 Å². The molecule has 6 aliphatic rings. The number of nitrogens with zero attached hydrogens (tertiary/aromatic N) is 4. The SMILES string of the molecule is C.C.C.C.C.C.C.C.C.C.C1CCCCC1.C1CCNC1.C1CCNCC1.C1CCSC1.C1CCSCC1.C1CNNC1.c1c[nH]cn1.c1cc[nH]c1.c1ccccc1.c1ccncc1.c1ccsc1.c1cn[nH]c1.c1cscn1. The molecule has 7 aromatic rings. The third-order valence-electron chi connectivity index (χ3n) is 9.61. The lowest BCUT2D eigenvalue weighted by Crippen LogP contribution is -2.21. The first kappa shape index (κ1) is 98.1. The third kappa shape index (κ3) is 90.5. The van der Waals surface area contributed by atoms with Gasteiger partial charge in [-0.25, -0.2) is 4.98 Å². The second-order valence-electron chi connectivity index (χ2n) is 15.6. The molecule has 11 heterocycles. The molecule has 0 bridgehead atoms. The number of thioether (sulfide) groups is 2. The van der Waals surface area contributed by atoms with Gasteiger partial charge in [0.1, 0.15) is 0 Å². The number of rotatable bonds is 0. The first-order valence-electron chi connectivity index (χ1n) is 25.6. The molecular weight excluding hydrogens is 1060 g/mol. The number of aromatic nitrogens is 7. The summed E-state index contributed by atoms with van der Waals surface area (Å²) >= 11 is 7.48. The lowest BCUT2D eigenvalue weighted by molar-refractivity contribution is 0.504. The molecule has 6 fully saturated rings. The van der Waals surface area contributed by atoms with Crippen LogP contribution in [0, 0.1) is 0 Å². The maximum Gasteiger partial charge on any atom is 0.0919 e. The number of hydrazine groups is 1. The lowest BCUT2D eigenvalue weighted by atomic mass is 10.0. The van der Waals surface area contributed by atoms with E-state index in [4.69, 9.17) is 0 Å². The van der Waals surface area contributed by atoms with Gasteiger partial charge in [-0.3, -0.25) is 25.9 Å². The number of H-pyrrole nitrogens is 3. The van der Waals surface area contributed by atoms with Crippen molar-refractivity contribution in [1.82, 2.24) is 56.6 Å². The Bertz CT molecular complexity index is 1270. The van der Waals surface area contributed by atoms with E-state index in [0.29, 0.717) is 0 Å². The van der Waals surface area contributed by atoms with Crippen molar-refractivity contribution < 1.29 is 0 Å². The highest BCUT2D eigenvalue weighted by atomic mass is 32.2. The van der Waals surface area contributed by atoms with Crippen LogP contribution in [0.25, 0.3) is 0 Å². The van der Waals surface area contributed by atoms with Gasteiger partial charge >= 0.3 is 0 Å². The molecule has 0 amide bonds. The molecule has 7 N–H and O–H groups in total. The van der Waals surface area contributed by atoms with Gasteiger partial charge in [-0.15, -0.1) is 11.3 Å². The average molecular weight is 1190 g/mol. The summed E-state index contributed by atoms with van der Waals surface area (Å²) in [4.78, 5) is 16.8. The van der Waals surface area contributed by atoms with E-state index < -0.39 is 0 Å². The molecule has 468 valence electrons. The summed E-state index contributed by atoms with van der Waals surface area (Å²) in [7, 11) is 0. The Morgan fingerprint density at radius 1 is 0.287 bits per heavy atom. The van der Waals surface area contributed by atoms with Gasteiger partial charge < -0.3 is 20.6 Å². The van der Waals surface area contributed by atoms with Crippen molar-refractivity contribution in [1.29, 1.82) is 0 Å². The van der Waals surface area contributed by atoms with E-state index in [1.54, 1.807) is 77.9 Å². The second-order valence-corrected chi connectivity index (χ2v) is 19.7. The Morgan fingerprint density at radius 3 is 0.887 bits per heavy atom. The van der Waals surface area contributed by atoms with Crippen LogP contribution in [0.2, 0.25) is 0 Å². The maximum absolute atomic E-state index is 3.78. The Kier molecular flexibility index (Phi) is 116. The van der Waals surface area contributed by atoms with E-state index >= 15 is 0 Å². The molecule has 13 rings (SSSR count). The fraction of sp³-hybridized carbons (Fsp3) is 0.569. The van der Waals surface area contributed by atoms with E-state index in [9.17, 15) is 0 Å². The van der Waals surface area contributed by atoms with Gasteiger partial charge in [-0.1, -0.05) is 180 Å². The van der Waals surface area contributed by atoms with Crippen LogP contribution in [0.15, 0.2) is 169 Å². The minimum Gasteiger partial charge on any atom is -0.368 e. The largest absolute Gasteiger partial charge is 0.368 e. The number of thiazole rings is 1. The summed E-state index contributed by atoms with van der Waals surface area (Å²) in [5.74, 6) is 5.67. The van der Waals surface area contributed by atoms with Crippen molar-refractivity contribution in [3.05, 3.63) is 169 Å². The minimum atomic E-state index is 0.